The molecule has 0 radical (unpaired) electrons. The van der Waals surface area contributed by atoms with E-state index in [0.717, 1.165) is 0 Å². The van der Waals surface area contributed by atoms with Crippen LogP contribution < -0.4 is 18.9 Å². The fourth-order valence-corrected chi connectivity index (χ4v) is 0.275. The quantitative estimate of drug-likeness (QED) is 0.244. The molecule has 0 saturated carbocycles. The van der Waals surface area contributed by atoms with Crippen molar-refractivity contribution in [3.63, 3.8) is 0 Å². The second-order valence-corrected chi connectivity index (χ2v) is 1.72. The van der Waals surface area contributed by atoms with Crippen LogP contribution >= 0.6 is 0 Å². The molecule has 48 valence electrons. The van der Waals surface area contributed by atoms with Crippen molar-refractivity contribution in [2.24, 2.45) is 0 Å². The third-order valence-corrected chi connectivity index (χ3v) is 0.684. The third kappa shape index (κ3) is 5.81. The zero-order chi connectivity index (χ0) is 6.57. The van der Waals surface area contributed by atoms with Crippen molar-refractivity contribution in [2.45, 2.75) is 20.8 Å². The Balaban J connectivity index is 0. The first kappa shape index (κ1) is 11.7. The van der Waals surface area contributed by atoms with E-state index in [4.69, 9.17) is 0 Å². The standard InChI is InChI=1S/C6H11O2.Li/c1-4-8-6(7)5(2)3;/h4H2,1-3H3;/q-1;+1. The van der Waals surface area contributed by atoms with Gasteiger partial charge in [-0.15, -0.1) is 0 Å². The average molecular weight is 122 g/mol. The van der Waals surface area contributed by atoms with Gasteiger partial charge < -0.3 is 4.74 Å². The van der Waals surface area contributed by atoms with Gasteiger partial charge in [-0.25, -0.2) is 0 Å². The molecule has 0 atom stereocenters. The van der Waals surface area contributed by atoms with Crippen molar-refractivity contribution in [1.82, 2.24) is 0 Å². The molecule has 0 amide bonds. The maximum Gasteiger partial charge on any atom is 1.00 e. The van der Waals surface area contributed by atoms with Gasteiger partial charge in [0.15, 0.2) is 5.97 Å². The zero-order valence-electron chi connectivity index (χ0n) is 6.52. The van der Waals surface area contributed by atoms with Crippen LogP contribution in [0.3, 0.4) is 0 Å². The molecule has 0 aromatic carbocycles. The number of carbonyl (C=O) groups is 1. The summed E-state index contributed by atoms with van der Waals surface area (Å²) in [6, 6.07) is 0. The van der Waals surface area contributed by atoms with E-state index in [1.54, 1.807) is 20.8 Å². The van der Waals surface area contributed by atoms with Crippen molar-refractivity contribution in [3.8, 4) is 0 Å². The van der Waals surface area contributed by atoms with E-state index in [2.05, 4.69) is 4.74 Å². The largest absolute Gasteiger partial charge is 1.00 e. The van der Waals surface area contributed by atoms with Gasteiger partial charge in [0.1, 0.15) is 0 Å². The van der Waals surface area contributed by atoms with Crippen LogP contribution in [0.5, 0.6) is 0 Å². The van der Waals surface area contributed by atoms with Crippen molar-refractivity contribution in [3.05, 3.63) is 5.92 Å². The molecule has 0 aliphatic rings. The molecule has 0 bridgehead atoms. The second-order valence-electron chi connectivity index (χ2n) is 1.72. The predicted octanol–water partition coefficient (Wildman–Crippen LogP) is -1.83. The van der Waals surface area contributed by atoms with Gasteiger partial charge in [-0.2, -0.15) is 13.8 Å². The molecular weight excluding hydrogens is 111 g/mol. The molecule has 0 aliphatic carbocycles. The van der Waals surface area contributed by atoms with Crippen LogP contribution in [0.1, 0.15) is 20.8 Å². The Kier molecular flexibility index (Phi) is 7.88. The van der Waals surface area contributed by atoms with E-state index < -0.39 is 0 Å². The normalized spacial score (nSPS) is 7.44. The summed E-state index contributed by atoms with van der Waals surface area (Å²) >= 11 is 0. The summed E-state index contributed by atoms with van der Waals surface area (Å²) in [5.74, 6) is 0.499. The van der Waals surface area contributed by atoms with Crippen molar-refractivity contribution < 1.29 is 28.4 Å². The molecule has 0 saturated heterocycles. The minimum absolute atomic E-state index is 0. The Labute approximate surface area is 68.1 Å². The predicted molar refractivity (Wildman–Crippen MR) is 31.2 cm³/mol. The molecule has 2 nitrogen and oxygen atoms in total. The zero-order valence-corrected chi connectivity index (χ0v) is 6.52. The summed E-state index contributed by atoms with van der Waals surface area (Å²) in [6.45, 7) is 5.72. The Morgan fingerprint density at radius 3 is 2.11 bits per heavy atom. The number of ether oxygens (including phenoxy) is 1. The fraction of sp³-hybridized carbons (Fsp3) is 0.667. The number of hydrogen-bond acceptors (Lipinski definition) is 2. The van der Waals surface area contributed by atoms with E-state index in [1.165, 1.54) is 0 Å². The van der Waals surface area contributed by atoms with Gasteiger partial charge in [0.2, 0.25) is 0 Å². The topological polar surface area (TPSA) is 26.3 Å². The first-order chi connectivity index (χ1) is 3.68. The molecular formula is C6H11LiO2. The van der Waals surface area contributed by atoms with Crippen LogP contribution in [-0.2, 0) is 9.53 Å². The molecule has 3 heteroatoms. The number of rotatable bonds is 2. The average Bonchev–Trinajstić information content (AvgIpc) is 1.67. The summed E-state index contributed by atoms with van der Waals surface area (Å²) in [5, 5.41) is 0. The van der Waals surface area contributed by atoms with Gasteiger partial charge >= 0.3 is 18.9 Å². The smallest absolute Gasteiger partial charge is 0.488 e. The van der Waals surface area contributed by atoms with Crippen LogP contribution in [0.25, 0.3) is 0 Å². The number of carbonyl (C=O) groups excluding carboxylic acids is 1. The number of hydrogen-bond donors (Lipinski definition) is 0. The first-order valence-electron chi connectivity index (χ1n) is 2.65. The molecule has 0 N–H and O–H groups in total. The molecule has 0 aromatic rings. The van der Waals surface area contributed by atoms with Crippen molar-refractivity contribution in [2.75, 3.05) is 6.61 Å². The van der Waals surface area contributed by atoms with E-state index in [-0.39, 0.29) is 24.8 Å². The molecule has 0 spiro atoms. The fourth-order valence-electron chi connectivity index (χ4n) is 0.275. The van der Waals surface area contributed by atoms with E-state index in [9.17, 15) is 4.79 Å². The maximum atomic E-state index is 10.5. The Morgan fingerprint density at radius 2 is 2.00 bits per heavy atom. The van der Waals surface area contributed by atoms with Crippen LogP contribution in [0.2, 0.25) is 0 Å². The van der Waals surface area contributed by atoms with E-state index in [1.807, 2.05) is 0 Å². The van der Waals surface area contributed by atoms with Crippen LogP contribution in [0, 0.1) is 5.92 Å². The Hall–Kier alpha value is -0.0626. The summed E-state index contributed by atoms with van der Waals surface area (Å²) in [4.78, 5) is 10.5. The molecule has 9 heavy (non-hydrogen) atoms. The maximum absolute atomic E-state index is 10.5. The van der Waals surface area contributed by atoms with Crippen LogP contribution in [0.15, 0.2) is 0 Å². The minimum Gasteiger partial charge on any atom is -0.488 e. The summed E-state index contributed by atoms with van der Waals surface area (Å²) in [7, 11) is 0. The molecule has 0 aromatic heterocycles. The molecule has 0 rings (SSSR count). The van der Waals surface area contributed by atoms with Gasteiger partial charge in [-0.3, -0.25) is 10.7 Å². The number of esters is 1. The van der Waals surface area contributed by atoms with Crippen LogP contribution in [-0.4, -0.2) is 12.6 Å². The molecule has 0 heterocycles. The van der Waals surface area contributed by atoms with Crippen molar-refractivity contribution in [1.29, 1.82) is 0 Å². The van der Waals surface area contributed by atoms with Gasteiger partial charge in [0.25, 0.3) is 0 Å². The second kappa shape index (κ2) is 6.06. The summed E-state index contributed by atoms with van der Waals surface area (Å²) in [5.41, 5.74) is 0. The van der Waals surface area contributed by atoms with Gasteiger partial charge in [0.05, 0.1) is 6.61 Å². The van der Waals surface area contributed by atoms with E-state index in [0.29, 0.717) is 12.5 Å². The van der Waals surface area contributed by atoms with Gasteiger partial charge in [-0.05, 0) is 6.92 Å². The summed E-state index contributed by atoms with van der Waals surface area (Å²) < 4.78 is 4.63. The molecule has 0 aliphatic heterocycles. The van der Waals surface area contributed by atoms with E-state index >= 15 is 0 Å². The third-order valence-electron chi connectivity index (χ3n) is 0.684. The SMILES string of the molecule is CCOC(=O)[C-](C)C.[Li+]. The Bertz CT molecular complexity index is 81.1. The monoisotopic (exact) mass is 122 g/mol. The molecule has 0 unspecified atom stereocenters. The van der Waals surface area contributed by atoms with Crippen molar-refractivity contribution >= 4 is 5.97 Å². The van der Waals surface area contributed by atoms with Gasteiger partial charge in [-0.1, -0.05) is 0 Å². The van der Waals surface area contributed by atoms with Gasteiger partial charge in [0, 0.05) is 0 Å². The van der Waals surface area contributed by atoms with Crippen LogP contribution in [0.4, 0.5) is 0 Å². The Morgan fingerprint density at radius 1 is 1.56 bits per heavy atom. The molecule has 0 fully saturated rings. The minimum atomic E-state index is -0.201. The first-order valence-corrected chi connectivity index (χ1v) is 2.65. The summed E-state index contributed by atoms with van der Waals surface area (Å²) in [6.07, 6.45) is 0.